The van der Waals surface area contributed by atoms with Crippen molar-refractivity contribution in [3.8, 4) is 0 Å². The monoisotopic (exact) mass is 535 g/mol. The first-order valence-corrected chi connectivity index (χ1v) is 13.0. The van der Waals surface area contributed by atoms with Gasteiger partial charge < -0.3 is 21.1 Å². The molecule has 6 nitrogen and oxygen atoms in total. The first-order valence-electron chi connectivity index (χ1n) is 12.2. The van der Waals surface area contributed by atoms with Crippen LogP contribution < -0.4 is 16.0 Å². The number of amides is 2. The summed E-state index contributed by atoms with van der Waals surface area (Å²) in [7, 11) is 0. The number of rotatable bonds is 7. The van der Waals surface area contributed by atoms with Crippen LogP contribution in [0.2, 0.25) is 10.0 Å². The Bertz CT molecular complexity index is 1170. The van der Waals surface area contributed by atoms with Crippen molar-refractivity contribution in [3.63, 3.8) is 0 Å². The standard InChI is InChI=1S/C27H32Cl2FN3O3/c1-26(2,3)14-21-27(17-12-19(30)18(29)13-20(17)32-25(27)36)22(15-7-6-8-16(28)11-15)23(33-21)24(35)31-9-4-5-10-34/h6-8,11-13,21-23,33-34H,4-5,9-10,14H2,1-3H3,(H,31,35)(H,32,36)/t21-,22+,23-,27+/m1/s1. The SMILES string of the molecule is CC(C)(C)C[C@H]1N[C@@H](C(=O)NCCCCO)[C@H](c2cccc(Cl)c2)[C@@]12C(=O)Nc1cc(Cl)c(F)cc12. The fraction of sp³-hybridized carbons (Fsp3) is 0.481. The number of anilines is 1. The number of unbranched alkanes of at least 4 members (excludes halogenated alkanes) is 1. The van der Waals surface area contributed by atoms with E-state index in [1.165, 1.54) is 12.1 Å². The van der Waals surface area contributed by atoms with Crippen molar-refractivity contribution in [2.45, 2.75) is 63.5 Å². The molecule has 2 heterocycles. The highest BCUT2D eigenvalue weighted by molar-refractivity contribution is 6.31. The van der Waals surface area contributed by atoms with Gasteiger partial charge in [-0.15, -0.1) is 0 Å². The van der Waals surface area contributed by atoms with E-state index in [1.54, 1.807) is 18.2 Å². The third kappa shape index (κ3) is 4.86. The lowest BCUT2D eigenvalue weighted by Crippen LogP contribution is -2.49. The predicted molar refractivity (Wildman–Crippen MR) is 140 cm³/mol. The summed E-state index contributed by atoms with van der Waals surface area (Å²) in [5, 5.41) is 18.8. The highest BCUT2D eigenvalue weighted by atomic mass is 35.5. The summed E-state index contributed by atoms with van der Waals surface area (Å²) >= 11 is 12.4. The van der Waals surface area contributed by atoms with Gasteiger partial charge in [-0.2, -0.15) is 0 Å². The summed E-state index contributed by atoms with van der Waals surface area (Å²) in [4.78, 5) is 27.6. The van der Waals surface area contributed by atoms with Gasteiger partial charge in [0.25, 0.3) is 0 Å². The van der Waals surface area contributed by atoms with Crippen LogP contribution in [0.5, 0.6) is 0 Å². The molecule has 0 bridgehead atoms. The number of aliphatic hydroxyl groups is 1. The lowest BCUT2D eigenvalue weighted by molar-refractivity contribution is -0.123. The van der Waals surface area contributed by atoms with Gasteiger partial charge in [0.05, 0.1) is 11.1 Å². The van der Waals surface area contributed by atoms with Gasteiger partial charge in [-0.25, -0.2) is 4.39 Å². The molecule has 0 aliphatic carbocycles. The van der Waals surface area contributed by atoms with Crippen LogP contribution in [0.25, 0.3) is 0 Å². The summed E-state index contributed by atoms with van der Waals surface area (Å²) < 4.78 is 14.9. The van der Waals surface area contributed by atoms with Gasteiger partial charge in [0.15, 0.2) is 0 Å². The van der Waals surface area contributed by atoms with E-state index in [-0.39, 0.29) is 28.9 Å². The Morgan fingerprint density at radius 3 is 2.61 bits per heavy atom. The largest absolute Gasteiger partial charge is 0.396 e. The smallest absolute Gasteiger partial charge is 0.237 e. The first-order chi connectivity index (χ1) is 17.0. The van der Waals surface area contributed by atoms with Crippen LogP contribution in [0.3, 0.4) is 0 Å². The van der Waals surface area contributed by atoms with E-state index in [1.807, 2.05) is 6.07 Å². The average molecular weight is 536 g/mol. The van der Waals surface area contributed by atoms with Crippen molar-refractivity contribution >= 4 is 40.7 Å². The molecule has 2 amide bonds. The van der Waals surface area contributed by atoms with Crippen LogP contribution >= 0.6 is 23.2 Å². The highest BCUT2D eigenvalue weighted by Gasteiger charge is 2.65. The van der Waals surface area contributed by atoms with E-state index in [4.69, 9.17) is 28.3 Å². The summed E-state index contributed by atoms with van der Waals surface area (Å²) in [6, 6.07) is 8.64. The molecule has 4 atom stereocenters. The molecule has 4 rings (SSSR count). The number of hydrogen-bond acceptors (Lipinski definition) is 4. The Balaban J connectivity index is 1.91. The van der Waals surface area contributed by atoms with Gasteiger partial charge in [-0.3, -0.25) is 9.59 Å². The number of carbonyl (C=O) groups is 2. The number of fused-ring (bicyclic) bond motifs is 2. The van der Waals surface area contributed by atoms with Crippen molar-refractivity contribution in [3.05, 3.63) is 63.4 Å². The molecule has 0 saturated carbocycles. The molecule has 2 aliphatic heterocycles. The Morgan fingerprint density at radius 1 is 1.19 bits per heavy atom. The zero-order valence-electron chi connectivity index (χ0n) is 20.6. The van der Waals surface area contributed by atoms with Gasteiger partial charge in [-0.1, -0.05) is 56.1 Å². The molecular formula is C27H32Cl2FN3O3. The van der Waals surface area contributed by atoms with E-state index < -0.39 is 29.2 Å². The third-order valence-corrected chi connectivity index (χ3v) is 7.60. The van der Waals surface area contributed by atoms with E-state index in [2.05, 4.69) is 36.7 Å². The van der Waals surface area contributed by atoms with Crippen molar-refractivity contribution in [1.82, 2.24) is 10.6 Å². The molecule has 194 valence electrons. The first kappa shape index (κ1) is 26.9. The minimum atomic E-state index is -1.27. The second kappa shape index (κ2) is 10.3. The summed E-state index contributed by atoms with van der Waals surface area (Å²) in [6.45, 7) is 6.63. The maximum absolute atomic E-state index is 14.9. The number of carbonyl (C=O) groups excluding carboxylic acids is 2. The van der Waals surface area contributed by atoms with Gasteiger partial charge in [-0.05, 0) is 60.1 Å². The van der Waals surface area contributed by atoms with Crippen molar-refractivity contribution in [2.75, 3.05) is 18.5 Å². The van der Waals surface area contributed by atoms with E-state index in [0.717, 1.165) is 0 Å². The lowest BCUT2D eigenvalue weighted by atomic mass is 9.62. The normalized spacial score (nSPS) is 25.2. The molecule has 0 unspecified atom stereocenters. The second-order valence-electron chi connectivity index (χ2n) is 10.9. The van der Waals surface area contributed by atoms with Gasteiger partial charge >= 0.3 is 0 Å². The fourth-order valence-corrected chi connectivity index (χ4v) is 6.05. The number of halogens is 3. The van der Waals surface area contributed by atoms with Crippen LogP contribution in [0.4, 0.5) is 10.1 Å². The molecule has 1 fully saturated rings. The summed E-state index contributed by atoms with van der Waals surface area (Å²) in [6.07, 6.45) is 1.75. The van der Waals surface area contributed by atoms with E-state index in [9.17, 15) is 14.0 Å². The molecule has 2 aromatic carbocycles. The van der Waals surface area contributed by atoms with Gasteiger partial charge in [0.1, 0.15) is 11.2 Å². The Morgan fingerprint density at radius 2 is 1.94 bits per heavy atom. The van der Waals surface area contributed by atoms with Crippen molar-refractivity contribution < 1.29 is 19.1 Å². The lowest BCUT2D eigenvalue weighted by Gasteiger charge is -2.37. The predicted octanol–water partition coefficient (Wildman–Crippen LogP) is 4.77. The number of aliphatic hydroxyl groups excluding tert-OH is 1. The molecule has 36 heavy (non-hydrogen) atoms. The number of nitrogens with one attached hydrogen (secondary N) is 3. The minimum absolute atomic E-state index is 0.0462. The zero-order chi connectivity index (χ0) is 26.3. The topological polar surface area (TPSA) is 90.5 Å². The Hall–Kier alpha value is -2.19. The molecule has 1 spiro atoms. The summed E-state index contributed by atoms with van der Waals surface area (Å²) in [5.41, 5.74) is 0.163. The van der Waals surface area contributed by atoms with Crippen LogP contribution in [-0.4, -0.2) is 42.2 Å². The van der Waals surface area contributed by atoms with Crippen LogP contribution in [0.15, 0.2) is 36.4 Å². The molecule has 4 N–H and O–H groups in total. The fourth-order valence-electron chi connectivity index (χ4n) is 5.69. The molecule has 9 heteroatoms. The van der Waals surface area contributed by atoms with E-state index in [0.29, 0.717) is 47.6 Å². The molecular weight excluding hydrogens is 504 g/mol. The minimum Gasteiger partial charge on any atom is -0.396 e. The summed E-state index contributed by atoms with van der Waals surface area (Å²) in [5.74, 6) is -1.85. The zero-order valence-corrected chi connectivity index (χ0v) is 22.1. The Labute approximate surface area is 220 Å². The molecule has 0 radical (unpaired) electrons. The van der Waals surface area contributed by atoms with Gasteiger partial charge in [0.2, 0.25) is 11.8 Å². The maximum atomic E-state index is 14.9. The molecule has 2 aliphatic rings. The molecule has 2 aromatic rings. The van der Waals surface area contributed by atoms with Crippen molar-refractivity contribution in [2.24, 2.45) is 5.41 Å². The maximum Gasteiger partial charge on any atom is 0.237 e. The van der Waals surface area contributed by atoms with Crippen LogP contribution in [0.1, 0.15) is 57.1 Å². The second-order valence-corrected chi connectivity index (χ2v) is 11.7. The third-order valence-electron chi connectivity index (χ3n) is 7.08. The van der Waals surface area contributed by atoms with E-state index >= 15 is 0 Å². The van der Waals surface area contributed by atoms with Crippen molar-refractivity contribution in [1.29, 1.82) is 0 Å². The Kier molecular flexibility index (Phi) is 7.68. The van der Waals surface area contributed by atoms with Crippen LogP contribution in [-0.2, 0) is 15.0 Å². The quantitative estimate of drug-likeness (QED) is 0.384. The average Bonchev–Trinajstić information content (AvgIpc) is 3.26. The van der Waals surface area contributed by atoms with Crippen LogP contribution in [0, 0.1) is 11.2 Å². The molecule has 0 aromatic heterocycles. The molecule has 1 saturated heterocycles. The highest BCUT2D eigenvalue weighted by Crippen LogP contribution is 2.57. The van der Waals surface area contributed by atoms with Gasteiger partial charge in [0, 0.05) is 35.8 Å². The number of benzene rings is 2. The number of hydrogen-bond donors (Lipinski definition) is 4.